The lowest BCUT2D eigenvalue weighted by Crippen LogP contribution is -2.57. The Labute approximate surface area is 246 Å². The summed E-state index contributed by atoms with van der Waals surface area (Å²) in [6, 6.07) is 22.6. The largest absolute Gasteiger partial charge is 0.490 e. The summed E-state index contributed by atoms with van der Waals surface area (Å²) in [5.74, 6) is -0.530. The van der Waals surface area contributed by atoms with Gasteiger partial charge in [0.15, 0.2) is 11.5 Å². The first kappa shape index (κ1) is 27.9. The van der Waals surface area contributed by atoms with E-state index in [0.29, 0.717) is 44.9 Å². The van der Waals surface area contributed by atoms with Crippen LogP contribution in [-0.4, -0.2) is 31.1 Å². The Morgan fingerprint density at radius 3 is 2.37 bits per heavy atom. The molecule has 1 aliphatic heterocycles. The summed E-state index contributed by atoms with van der Waals surface area (Å²) in [7, 11) is 0. The molecule has 0 N–H and O–H groups in total. The second-order valence-corrected chi connectivity index (χ2v) is 10.2. The molecule has 41 heavy (non-hydrogen) atoms. The molecule has 4 amide bonds. The number of carbonyl (C=O) groups excluding carboxylic acids is 3. The van der Waals surface area contributed by atoms with E-state index < -0.39 is 17.8 Å². The summed E-state index contributed by atoms with van der Waals surface area (Å²) in [5.41, 5.74) is 1.96. The Balaban J connectivity index is 1.69. The van der Waals surface area contributed by atoms with Crippen LogP contribution in [0.25, 0.3) is 16.8 Å². The second kappa shape index (κ2) is 11.8. The number of hydrogen-bond donors (Lipinski definition) is 0. The maximum Gasteiger partial charge on any atom is 0.343 e. The van der Waals surface area contributed by atoms with Crippen molar-refractivity contribution in [2.24, 2.45) is 0 Å². The fraction of sp³-hybridized carbons (Fsp3) is 0.121. The first-order valence-electron chi connectivity index (χ1n) is 13.0. The Morgan fingerprint density at radius 2 is 1.61 bits per heavy atom. The van der Waals surface area contributed by atoms with E-state index in [1.807, 2.05) is 50.2 Å². The molecular formula is C33H27BrN2O5. The Kier molecular flexibility index (Phi) is 8.03. The number of aryl methyl sites for hydroxylation is 1. The van der Waals surface area contributed by atoms with Gasteiger partial charge < -0.3 is 9.47 Å². The number of ether oxygens (including phenoxy) is 2. The van der Waals surface area contributed by atoms with Crippen molar-refractivity contribution in [3.63, 3.8) is 0 Å². The third kappa shape index (κ3) is 5.38. The number of anilines is 2. The maximum atomic E-state index is 14.1. The first-order valence-corrected chi connectivity index (χ1v) is 13.8. The summed E-state index contributed by atoms with van der Waals surface area (Å²) in [6.45, 7) is 8.04. The predicted octanol–water partition coefficient (Wildman–Crippen LogP) is 7.46. The minimum Gasteiger partial charge on any atom is -0.490 e. The molecule has 7 nitrogen and oxygen atoms in total. The van der Waals surface area contributed by atoms with E-state index in [4.69, 9.17) is 9.47 Å². The molecule has 0 aromatic heterocycles. The Morgan fingerprint density at radius 1 is 0.878 bits per heavy atom. The van der Waals surface area contributed by atoms with Crippen molar-refractivity contribution in [2.45, 2.75) is 13.8 Å². The molecule has 1 saturated heterocycles. The van der Waals surface area contributed by atoms with E-state index in [0.717, 1.165) is 20.7 Å². The van der Waals surface area contributed by atoms with Crippen molar-refractivity contribution in [3.8, 4) is 11.5 Å². The number of barbiturate groups is 1. The minimum absolute atomic E-state index is 0.173. The van der Waals surface area contributed by atoms with Gasteiger partial charge in [-0.25, -0.2) is 14.6 Å². The van der Waals surface area contributed by atoms with E-state index in [-0.39, 0.29) is 12.2 Å². The normalized spacial score (nSPS) is 14.6. The van der Waals surface area contributed by atoms with E-state index in [1.54, 1.807) is 48.5 Å². The van der Waals surface area contributed by atoms with Gasteiger partial charge in [0.25, 0.3) is 11.8 Å². The van der Waals surface area contributed by atoms with Gasteiger partial charge in [0, 0.05) is 5.39 Å². The minimum atomic E-state index is -0.747. The lowest BCUT2D eigenvalue weighted by atomic mass is 10.0. The lowest BCUT2D eigenvalue weighted by molar-refractivity contribution is -0.121. The van der Waals surface area contributed by atoms with Crippen LogP contribution < -0.4 is 19.3 Å². The fourth-order valence-corrected chi connectivity index (χ4v) is 5.30. The quantitative estimate of drug-likeness (QED) is 0.118. The molecule has 4 aromatic carbocycles. The molecule has 0 saturated carbocycles. The van der Waals surface area contributed by atoms with Crippen molar-refractivity contribution in [1.29, 1.82) is 0 Å². The Bertz CT molecular complexity index is 1720. The smallest absolute Gasteiger partial charge is 0.343 e. The Hall–Kier alpha value is -4.69. The highest BCUT2D eigenvalue weighted by Crippen LogP contribution is 2.39. The molecular weight excluding hydrogens is 584 g/mol. The molecule has 8 heteroatoms. The van der Waals surface area contributed by atoms with Crippen LogP contribution in [0.15, 0.2) is 102 Å². The van der Waals surface area contributed by atoms with Crippen LogP contribution in [0.3, 0.4) is 0 Å². The van der Waals surface area contributed by atoms with Crippen molar-refractivity contribution in [3.05, 3.63) is 113 Å². The number of hydrogen-bond acceptors (Lipinski definition) is 5. The van der Waals surface area contributed by atoms with Gasteiger partial charge in [0.2, 0.25) is 0 Å². The van der Waals surface area contributed by atoms with E-state index in [2.05, 4.69) is 22.5 Å². The molecule has 0 spiro atoms. The standard InChI is InChI=1S/C33H27BrN2O5/c1-4-16-41-30-27(34)19-22(20-29(30)40-5-2)18-26-31(37)35(24-13-8-10-21(3)17-24)33(39)36(32(26)38)28-15-9-12-23-11-6-7-14-25(23)28/h4,6-15,17-20H,1,5,16H2,2-3H3/b26-18+. The number of imide groups is 2. The van der Waals surface area contributed by atoms with E-state index in [9.17, 15) is 14.4 Å². The number of rotatable bonds is 8. The zero-order valence-electron chi connectivity index (χ0n) is 22.6. The van der Waals surface area contributed by atoms with Crippen LogP contribution in [-0.2, 0) is 9.59 Å². The summed E-state index contributed by atoms with van der Waals surface area (Å²) in [5, 5.41) is 1.57. The molecule has 0 aliphatic carbocycles. The molecule has 0 unspecified atom stereocenters. The van der Waals surface area contributed by atoms with Crippen molar-refractivity contribution in [2.75, 3.05) is 23.0 Å². The highest BCUT2D eigenvalue weighted by atomic mass is 79.9. The van der Waals surface area contributed by atoms with Crippen LogP contribution in [0, 0.1) is 6.92 Å². The molecule has 5 rings (SSSR count). The average molecular weight is 611 g/mol. The van der Waals surface area contributed by atoms with Gasteiger partial charge in [-0.2, -0.15) is 0 Å². The molecule has 1 heterocycles. The number of fused-ring (bicyclic) bond motifs is 1. The zero-order chi connectivity index (χ0) is 29.1. The van der Waals surface area contributed by atoms with Crippen molar-refractivity contribution < 1.29 is 23.9 Å². The van der Waals surface area contributed by atoms with Crippen LogP contribution in [0.4, 0.5) is 16.2 Å². The zero-order valence-corrected chi connectivity index (χ0v) is 24.2. The lowest BCUT2D eigenvalue weighted by Gasteiger charge is -2.34. The molecule has 206 valence electrons. The predicted molar refractivity (Wildman–Crippen MR) is 164 cm³/mol. The topological polar surface area (TPSA) is 76.2 Å². The molecule has 4 aromatic rings. The van der Waals surface area contributed by atoms with Gasteiger partial charge in [-0.15, -0.1) is 0 Å². The number of amides is 4. The van der Waals surface area contributed by atoms with Crippen molar-refractivity contribution in [1.82, 2.24) is 0 Å². The van der Waals surface area contributed by atoms with Gasteiger partial charge in [0.05, 0.1) is 22.5 Å². The van der Waals surface area contributed by atoms with E-state index in [1.165, 1.54) is 6.08 Å². The number of nitrogens with zero attached hydrogens (tertiary/aromatic N) is 2. The van der Waals surface area contributed by atoms with Crippen LogP contribution in [0.5, 0.6) is 11.5 Å². The van der Waals surface area contributed by atoms with Crippen molar-refractivity contribution >= 4 is 62.0 Å². The van der Waals surface area contributed by atoms with Crippen LogP contribution in [0.1, 0.15) is 18.1 Å². The summed E-state index contributed by atoms with van der Waals surface area (Å²) < 4.78 is 12.1. The summed E-state index contributed by atoms with van der Waals surface area (Å²) in [4.78, 5) is 44.1. The number of carbonyl (C=O) groups is 3. The SMILES string of the molecule is C=CCOc1c(Br)cc(/C=C2\C(=O)N(c3cccc(C)c3)C(=O)N(c3cccc4ccccc34)C2=O)cc1OCC. The molecule has 0 bridgehead atoms. The summed E-state index contributed by atoms with van der Waals surface area (Å²) in [6.07, 6.45) is 3.10. The van der Waals surface area contributed by atoms with Crippen LogP contribution >= 0.6 is 15.9 Å². The second-order valence-electron chi connectivity index (χ2n) is 9.32. The number of urea groups is 1. The highest BCUT2D eigenvalue weighted by molar-refractivity contribution is 9.10. The van der Waals surface area contributed by atoms with Crippen LogP contribution in [0.2, 0.25) is 0 Å². The molecule has 1 fully saturated rings. The fourth-order valence-electron chi connectivity index (χ4n) is 4.72. The maximum absolute atomic E-state index is 14.1. The van der Waals surface area contributed by atoms with E-state index >= 15 is 0 Å². The van der Waals surface area contributed by atoms with Gasteiger partial charge in [0.1, 0.15) is 12.2 Å². The third-order valence-electron chi connectivity index (χ3n) is 6.51. The average Bonchev–Trinajstić information content (AvgIpc) is 2.95. The summed E-state index contributed by atoms with van der Waals surface area (Å²) >= 11 is 3.52. The number of halogens is 1. The third-order valence-corrected chi connectivity index (χ3v) is 7.09. The highest BCUT2D eigenvalue weighted by Gasteiger charge is 2.44. The monoisotopic (exact) mass is 610 g/mol. The first-order chi connectivity index (χ1) is 19.8. The van der Waals surface area contributed by atoms with Gasteiger partial charge in [-0.3, -0.25) is 9.59 Å². The molecule has 0 atom stereocenters. The van der Waals surface area contributed by atoms with Gasteiger partial charge in [-0.1, -0.05) is 61.2 Å². The molecule has 0 radical (unpaired) electrons. The number of benzene rings is 4. The van der Waals surface area contributed by atoms with Gasteiger partial charge >= 0.3 is 6.03 Å². The van der Waals surface area contributed by atoms with Gasteiger partial charge in [-0.05, 0) is 82.7 Å². The molecule has 1 aliphatic rings.